The van der Waals surface area contributed by atoms with Crippen LogP contribution in [0.2, 0.25) is 0 Å². The largest absolute Gasteiger partial charge is 0.457 e. The highest BCUT2D eigenvalue weighted by Gasteiger charge is 2.23. The number of halogens is 1. The highest BCUT2D eigenvalue weighted by Crippen LogP contribution is 2.39. The molecule has 5 nitrogen and oxygen atoms in total. The molecule has 2 aromatic heterocycles. The summed E-state index contributed by atoms with van der Waals surface area (Å²) in [5.74, 6) is 1.11. The Hall–Kier alpha value is -3.41. The number of ether oxygens (including phenoxy) is 1. The van der Waals surface area contributed by atoms with E-state index in [1.54, 1.807) is 12.1 Å². The van der Waals surface area contributed by atoms with Crippen LogP contribution >= 0.6 is 0 Å². The zero-order valence-corrected chi connectivity index (χ0v) is 16.6. The molecule has 2 aromatic carbocycles. The van der Waals surface area contributed by atoms with Crippen LogP contribution in [0.4, 0.5) is 10.2 Å². The zero-order valence-electron chi connectivity index (χ0n) is 16.6. The Kier molecular flexibility index (Phi) is 4.83. The summed E-state index contributed by atoms with van der Waals surface area (Å²) in [6.07, 6.45) is 9.31. The molecule has 6 heteroatoms. The minimum absolute atomic E-state index is 0.355. The summed E-state index contributed by atoms with van der Waals surface area (Å²) in [5.41, 5.74) is 8.17. The summed E-state index contributed by atoms with van der Waals surface area (Å²) in [6, 6.07) is 14.6. The van der Waals surface area contributed by atoms with Crippen molar-refractivity contribution in [3.8, 4) is 22.6 Å². The van der Waals surface area contributed by atoms with Crippen molar-refractivity contribution in [1.29, 1.82) is 0 Å². The fraction of sp³-hybridized carbons (Fsp3) is 0.250. The number of fused-ring (bicyclic) bond motifs is 1. The fourth-order valence-electron chi connectivity index (χ4n) is 4.35. The first-order chi connectivity index (χ1) is 14.7. The molecule has 0 bridgehead atoms. The lowest BCUT2D eigenvalue weighted by atomic mass is 9.95. The summed E-state index contributed by atoms with van der Waals surface area (Å²) in [6.45, 7) is 0. The van der Waals surface area contributed by atoms with Gasteiger partial charge in [0.05, 0.1) is 5.39 Å². The Labute approximate surface area is 174 Å². The quantitative estimate of drug-likeness (QED) is 0.447. The van der Waals surface area contributed by atoms with Gasteiger partial charge in [0.2, 0.25) is 0 Å². The lowest BCUT2D eigenvalue weighted by Gasteiger charge is -2.23. The Morgan fingerprint density at radius 1 is 0.933 bits per heavy atom. The van der Waals surface area contributed by atoms with Gasteiger partial charge in [0, 0.05) is 29.4 Å². The van der Waals surface area contributed by atoms with Crippen molar-refractivity contribution >= 4 is 16.9 Å². The number of nitrogens with zero attached hydrogens (tertiary/aromatic N) is 3. The monoisotopic (exact) mass is 402 g/mol. The maximum Gasteiger partial charge on any atom is 0.146 e. The van der Waals surface area contributed by atoms with Crippen LogP contribution in [0, 0.1) is 5.82 Å². The number of nitrogen functional groups attached to an aromatic ring is 1. The third-order valence-electron chi connectivity index (χ3n) is 5.82. The highest BCUT2D eigenvalue weighted by molar-refractivity contribution is 6.00. The fourth-order valence-corrected chi connectivity index (χ4v) is 4.35. The third kappa shape index (κ3) is 3.38. The predicted octanol–water partition coefficient (Wildman–Crippen LogP) is 6.12. The van der Waals surface area contributed by atoms with E-state index < -0.39 is 0 Å². The predicted molar refractivity (Wildman–Crippen MR) is 116 cm³/mol. The SMILES string of the molecule is Nc1ncnc2c1c(-c1ccc(Oc3ccccc3)cc1F)cn2C1CCCCC1. The van der Waals surface area contributed by atoms with Gasteiger partial charge in [0.1, 0.15) is 35.1 Å². The second kappa shape index (κ2) is 7.78. The van der Waals surface area contributed by atoms with E-state index in [1.165, 1.54) is 31.7 Å². The van der Waals surface area contributed by atoms with E-state index in [2.05, 4.69) is 14.5 Å². The van der Waals surface area contributed by atoms with E-state index in [0.29, 0.717) is 34.3 Å². The molecule has 1 aliphatic carbocycles. The minimum atomic E-state index is -0.366. The van der Waals surface area contributed by atoms with Crippen molar-refractivity contribution in [2.24, 2.45) is 0 Å². The van der Waals surface area contributed by atoms with Crippen molar-refractivity contribution in [3.63, 3.8) is 0 Å². The lowest BCUT2D eigenvalue weighted by molar-refractivity contribution is 0.360. The number of para-hydroxylation sites is 1. The number of hydrogen-bond acceptors (Lipinski definition) is 4. The molecule has 1 saturated carbocycles. The molecule has 1 aliphatic rings. The Morgan fingerprint density at radius 3 is 2.50 bits per heavy atom. The van der Waals surface area contributed by atoms with Gasteiger partial charge in [-0.3, -0.25) is 0 Å². The smallest absolute Gasteiger partial charge is 0.146 e. The number of benzene rings is 2. The molecule has 2 N–H and O–H groups in total. The van der Waals surface area contributed by atoms with Crippen molar-refractivity contribution in [2.75, 3.05) is 5.73 Å². The van der Waals surface area contributed by atoms with Gasteiger partial charge in [-0.25, -0.2) is 14.4 Å². The summed E-state index contributed by atoms with van der Waals surface area (Å²) >= 11 is 0. The van der Waals surface area contributed by atoms with Gasteiger partial charge in [0.15, 0.2) is 0 Å². The summed E-state index contributed by atoms with van der Waals surface area (Å²) < 4.78 is 23.1. The van der Waals surface area contributed by atoms with Gasteiger partial charge in [-0.1, -0.05) is 37.5 Å². The average Bonchev–Trinajstić information content (AvgIpc) is 3.16. The normalized spacial score (nSPS) is 14.8. The van der Waals surface area contributed by atoms with Gasteiger partial charge in [-0.05, 0) is 37.1 Å². The molecule has 0 spiro atoms. The second-order valence-electron chi connectivity index (χ2n) is 7.76. The summed E-state index contributed by atoms with van der Waals surface area (Å²) in [7, 11) is 0. The van der Waals surface area contributed by atoms with E-state index in [-0.39, 0.29) is 5.82 Å². The maximum atomic E-state index is 15.2. The van der Waals surface area contributed by atoms with E-state index >= 15 is 4.39 Å². The van der Waals surface area contributed by atoms with Crippen molar-refractivity contribution in [3.05, 3.63) is 66.9 Å². The van der Waals surface area contributed by atoms with Gasteiger partial charge in [-0.2, -0.15) is 0 Å². The van der Waals surface area contributed by atoms with E-state index in [0.717, 1.165) is 24.1 Å². The zero-order chi connectivity index (χ0) is 20.5. The summed E-state index contributed by atoms with van der Waals surface area (Å²) in [5, 5.41) is 0.707. The average molecular weight is 402 g/mol. The molecule has 30 heavy (non-hydrogen) atoms. The van der Waals surface area contributed by atoms with E-state index in [1.807, 2.05) is 36.5 Å². The van der Waals surface area contributed by atoms with Crippen LogP contribution in [-0.2, 0) is 0 Å². The molecule has 0 unspecified atom stereocenters. The van der Waals surface area contributed by atoms with Crippen molar-refractivity contribution in [2.45, 2.75) is 38.1 Å². The number of hydrogen-bond donors (Lipinski definition) is 1. The van der Waals surface area contributed by atoms with Crippen molar-refractivity contribution in [1.82, 2.24) is 14.5 Å². The van der Waals surface area contributed by atoms with Crippen molar-refractivity contribution < 1.29 is 9.13 Å². The maximum absolute atomic E-state index is 15.2. The van der Waals surface area contributed by atoms with Gasteiger partial charge < -0.3 is 15.0 Å². The van der Waals surface area contributed by atoms with Crippen LogP contribution in [-0.4, -0.2) is 14.5 Å². The topological polar surface area (TPSA) is 66.0 Å². The summed E-state index contributed by atoms with van der Waals surface area (Å²) in [4.78, 5) is 8.65. The molecule has 1 fully saturated rings. The van der Waals surface area contributed by atoms with Crippen LogP contribution in [0.5, 0.6) is 11.5 Å². The molecule has 0 amide bonds. The molecule has 5 rings (SSSR count). The van der Waals surface area contributed by atoms with Crippen LogP contribution in [0.1, 0.15) is 38.1 Å². The first-order valence-corrected chi connectivity index (χ1v) is 10.3. The number of anilines is 1. The number of nitrogens with two attached hydrogens (primary N) is 1. The molecule has 4 aromatic rings. The standard InChI is InChI=1S/C24H23FN4O/c25-21-13-18(30-17-9-5-2-6-10-17)11-12-19(21)20-14-29(16-7-3-1-4-8-16)24-22(20)23(26)27-15-28-24/h2,5-6,9-16H,1,3-4,7-8H2,(H2,26,27,28). The Morgan fingerprint density at radius 2 is 1.73 bits per heavy atom. The third-order valence-corrected chi connectivity index (χ3v) is 5.82. The molecule has 0 atom stereocenters. The Balaban J connectivity index is 1.57. The van der Waals surface area contributed by atoms with Crippen LogP contribution in [0.25, 0.3) is 22.2 Å². The second-order valence-corrected chi connectivity index (χ2v) is 7.76. The first-order valence-electron chi connectivity index (χ1n) is 10.3. The minimum Gasteiger partial charge on any atom is -0.457 e. The first kappa shape index (κ1) is 18.6. The number of rotatable bonds is 4. The molecule has 2 heterocycles. The molecular weight excluding hydrogens is 379 g/mol. The highest BCUT2D eigenvalue weighted by atomic mass is 19.1. The Bertz CT molecular complexity index is 1180. The molecule has 0 aliphatic heterocycles. The van der Waals surface area contributed by atoms with E-state index in [4.69, 9.17) is 10.5 Å². The molecular formula is C24H23FN4O. The van der Waals surface area contributed by atoms with E-state index in [9.17, 15) is 0 Å². The molecule has 0 saturated heterocycles. The van der Waals surface area contributed by atoms with Crippen LogP contribution < -0.4 is 10.5 Å². The van der Waals surface area contributed by atoms with Gasteiger partial charge in [-0.15, -0.1) is 0 Å². The van der Waals surface area contributed by atoms with Crippen LogP contribution in [0.3, 0.4) is 0 Å². The van der Waals surface area contributed by atoms with Gasteiger partial charge >= 0.3 is 0 Å². The molecule has 152 valence electrons. The van der Waals surface area contributed by atoms with Gasteiger partial charge in [0.25, 0.3) is 0 Å². The van der Waals surface area contributed by atoms with Crippen LogP contribution in [0.15, 0.2) is 61.1 Å². The molecule has 0 radical (unpaired) electrons. The number of aromatic nitrogens is 3. The lowest BCUT2D eigenvalue weighted by Crippen LogP contribution is -2.12.